The molecule has 0 aromatic heterocycles. The van der Waals surface area contributed by atoms with Crippen molar-refractivity contribution in [1.29, 1.82) is 0 Å². The predicted molar refractivity (Wildman–Crippen MR) is 114 cm³/mol. The summed E-state index contributed by atoms with van der Waals surface area (Å²) in [6.45, 7) is 7.00. The van der Waals surface area contributed by atoms with Crippen molar-refractivity contribution < 1.29 is 19.2 Å². The van der Waals surface area contributed by atoms with Crippen molar-refractivity contribution >= 4 is 29.1 Å². The lowest BCUT2D eigenvalue weighted by Crippen LogP contribution is -3.15. The van der Waals surface area contributed by atoms with Crippen LogP contribution < -0.4 is 15.0 Å². The number of quaternary nitrogens is 1. The van der Waals surface area contributed by atoms with Crippen LogP contribution in [0.3, 0.4) is 0 Å². The fourth-order valence-corrected chi connectivity index (χ4v) is 3.50. The van der Waals surface area contributed by atoms with Crippen molar-refractivity contribution in [2.45, 2.75) is 20.0 Å². The largest absolute Gasteiger partial charge is 0.491 e. The van der Waals surface area contributed by atoms with Crippen molar-refractivity contribution in [3.05, 3.63) is 59.1 Å². The fourth-order valence-electron chi connectivity index (χ4n) is 3.32. The van der Waals surface area contributed by atoms with Gasteiger partial charge in [0.15, 0.2) is 6.54 Å². The summed E-state index contributed by atoms with van der Waals surface area (Å²) in [5, 5.41) is 3.38. The number of para-hydroxylation sites is 1. The molecule has 2 N–H and O–H groups in total. The normalized spacial score (nSPS) is 14.7. The number of piperazine rings is 1. The molecule has 0 bridgehead atoms. The molecule has 1 fully saturated rings. The molecule has 29 heavy (non-hydrogen) atoms. The van der Waals surface area contributed by atoms with Gasteiger partial charge in [0, 0.05) is 5.56 Å². The molecule has 1 saturated heterocycles. The maximum absolute atomic E-state index is 12.7. The van der Waals surface area contributed by atoms with Crippen molar-refractivity contribution in [3.8, 4) is 5.75 Å². The highest BCUT2D eigenvalue weighted by molar-refractivity contribution is 6.33. The monoisotopic (exact) mass is 416 g/mol. The molecule has 3 rings (SSSR count). The van der Waals surface area contributed by atoms with Gasteiger partial charge in [0.05, 0.1) is 43.0 Å². The topological polar surface area (TPSA) is 63.1 Å². The molecule has 0 aliphatic carbocycles. The smallest absolute Gasteiger partial charge is 0.279 e. The number of ether oxygens (including phenoxy) is 1. The van der Waals surface area contributed by atoms with Gasteiger partial charge in [0.2, 0.25) is 0 Å². The number of halogens is 1. The first-order valence-electron chi connectivity index (χ1n) is 9.86. The number of nitrogens with zero attached hydrogens (tertiary/aromatic N) is 1. The molecule has 1 heterocycles. The second kappa shape index (κ2) is 9.76. The number of hydrogen-bond acceptors (Lipinski definition) is 3. The minimum Gasteiger partial charge on any atom is -0.491 e. The highest BCUT2D eigenvalue weighted by Crippen LogP contribution is 2.20. The Labute approximate surface area is 176 Å². The summed E-state index contributed by atoms with van der Waals surface area (Å²) in [5.74, 6) is 0.699. The zero-order chi connectivity index (χ0) is 20.8. The summed E-state index contributed by atoms with van der Waals surface area (Å²) in [7, 11) is 0. The Bertz CT molecular complexity index is 847. The molecule has 0 spiro atoms. The van der Waals surface area contributed by atoms with Gasteiger partial charge in [-0.15, -0.1) is 0 Å². The first-order valence-corrected chi connectivity index (χ1v) is 10.2. The van der Waals surface area contributed by atoms with Crippen LogP contribution in [0.25, 0.3) is 0 Å². The third-order valence-corrected chi connectivity index (χ3v) is 5.12. The van der Waals surface area contributed by atoms with Crippen molar-refractivity contribution in [2.75, 3.05) is 38.0 Å². The summed E-state index contributed by atoms with van der Waals surface area (Å²) >= 11 is 6.08. The molecule has 2 amide bonds. The predicted octanol–water partition coefficient (Wildman–Crippen LogP) is 2.11. The van der Waals surface area contributed by atoms with Crippen LogP contribution in [0.1, 0.15) is 24.2 Å². The lowest BCUT2D eigenvalue weighted by Gasteiger charge is -2.32. The SMILES string of the molecule is CC(C)Oc1ccc(C(=O)N2CC[NH+](CC(=O)Nc3ccccc3Cl)CC2)cc1. The zero-order valence-electron chi connectivity index (χ0n) is 16.8. The lowest BCUT2D eigenvalue weighted by molar-refractivity contribution is -0.895. The third kappa shape index (κ3) is 5.95. The standard InChI is InChI=1S/C22H26ClN3O3/c1-16(2)29-18-9-7-17(8-10-18)22(28)26-13-11-25(12-14-26)15-21(27)24-20-6-4-3-5-19(20)23/h3-10,16H,11-15H2,1-2H3,(H,24,27)/p+1. The van der Waals surface area contributed by atoms with Gasteiger partial charge in [0.25, 0.3) is 11.8 Å². The minimum atomic E-state index is -0.0754. The van der Waals surface area contributed by atoms with Crippen LogP contribution in [-0.2, 0) is 4.79 Å². The number of benzene rings is 2. The van der Waals surface area contributed by atoms with Crippen molar-refractivity contribution in [1.82, 2.24) is 4.90 Å². The van der Waals surface area contributed by atoms with E-state index in [2.05, 4.69) is 5.32 Å². The molecular formula is C22H27ClN3O3+. The lowest BCUT2D eigenvalue weighted by atomic mass is 10.1. The number of amides is 2. The molecule has 7 heteroatoms. The van der Waals surface area contributed by atoms with Crippen molar-refractivity contribution in [2.24, 2.45) is 0 Å². The Morgan fingerprint density at radius 1 is 1.10 bits per heavy atom. The third-order valence-electron chi connectivity index (χ3n) is 4.79. The Kier molecular flexibility index (Phi) is 7.12. The van der Waals surface area contributed by atoms with Gasteiger partial charge < -0.3 is 19.9 Å². The van der Waals surface area contributed by atoms with E-state index in [0.717, 1.165) is 23.7 Å². The van der Waals surface area contributed by atoms with Crippen LogP contribution in [0.4, 0.5) is 5.69 Å². The molecule has 2 aromatic carbocycles. The average Bonchev–Trinajstić information content (AvgIpc) is 2.70. The van der Waals surface area contributed by atoms with Crippen LogP contribution in [-0.4, -0.2) is 55.5 Å². The Morgan fingerprint density at radius 2 is 1.76 bits per heavy atom. The number of hydrogen-bond donors (Lipinski definition) is 2. The molecular weight excluding hydrogens is 390 g/mol. The molecule has 2 aromatic rings. The van der Waals surface area contributed by atoms with E-state index in [9.17, 15) is 9.59 Å². The highest BCUT2D eigenvalue weighted by Gasteiger charge is 2.26. The van der Waals surface area contributed by atoms with Gasteiger partial charge in [-0.05, 0) is 50.2 Å². The first kappa shape index (κ1) is 21.1. The van der Waals surface area contributed by atoms with Crippen LogP contribution in [0.5, 0.6) is 5.75 Å². The van der Waals surface area contributed by atoms with Gasteiger partial charge in [0.1, 0.15) is 5.75 Å². The van der Waals surface area contributed by atoms with E-state index in [0.29, 0.717) is 35.9 Å². The number of carbonyl (C=O) groups excluding carboxylic acids is 2. The van der Waals surface area contributed by atoms with Crippen molar-refractivity contribution in [3.63, 3.8) is 0 Å². The van der Waals surface area contributed by atoms with Gasteiger partial charge in [-0.25, -0.2) is 0 Å². The Morgan fingerprint density at radius 3 is 2.38 bits per heavy atom. The molecule has 1 aliphatic heterocycles. The van der Waals surface area contributed by atoms with E-state index in [1.807, 2.05) is 43.0 Å². The molecule has 1 aliphatic rings. The summed E-state index contributed by atoms with van der Waals surface area (Å²) in [6, 6.07) is 14.4. The Hall–Kier alpha value is -2.57. The molecule has 0 unspecified atom stereocenters. The van der Waals surface area contributed by atoms with E-state index in [1.165, 1.54) is 0 Å². The minimum absolute atomic E-state index is 0.0145. The van der Waals surface area contributed by atoms with E-state index >= 15 is 0 Å². The van der Waals surface area contributed by atoms with Crippen LogP contribution in [0.15, 0.2) is 48.5 Å². The summed E-state index contributed by atoms with van der Waals surface area (Å²) in [4.78, 5) is 28.0. The summed E-state index contributed by atoms with van der Waals surface area (Å²) in [5.41, 5.74) is 1.28. The van der Waals surface area contributed by atoms with Crippen LogP contribution in [0, 0.1) is 0 Å². The highest BCUT2D eigenvalue weighted by atomic mass is 35.5. The Balaban J connectivity index is 1.48. The number of anilines is 1. The molecule has 6 nitrogen and oxygen atoms in total. The average molecular weight is 417 g/mol. The number of nitrogens with one attached hydrogen (secondary N) is 2. The quantitative estimate of drug-likeness (QED) is 0.758. The molecule has 0 saturated carbocycles. The van der Waals surface area contributed by atoms with Gasteiger partial charge in [-0.1, -0.05) is 23.7 Å². The van der Waals surface area contributed by atoms with Crippen LogP contribution >= 0.6 is 11.6 Å². The molecule has 0 atom stereocenters. The van der Waals surface area contributed by atoms with E-state index in [1.54, 1.807) is 24.3 Å². The van der Waals surface area contributed by atoms with E-state index < -0.39 is 0 Å². The first-order chi connectivity index (χ1) is 13.9. The second-order valence-electron chi connectivity index (χ2n) is 7.44. The van der Waals surface area contributed by atoms with Crippen LogP contribution in [0.2, 0.25) is 5.02 Å². The summed E-state index contributed by atoms with van der Waals surface area (Å²) < 4.78 is 5.62. The van der Waals surface area contributed by atoms with E-state index in [4.69, 9.17) is 16.3 Å². The number of rotatable bonds is 6. The second-order valence-corrected chi connectivity index (χ2v) is 7.85. The van der Waals surface area contributed by atoms with Gasteiger partial charge in [-0.3, -0.25) is 9.59 Å². The molecule has 0 radical (unpaired) electrons. The van der Waals surface area contributed by atoms with E-state index in [-0.39, 0.29) is 17.9 Å². The maximum Gasteiger partial charge on any atom is 0.279 e. The fraction of sp³-hybridized carbons (Fsp3) is 0.364. The molecule has 154 valence electrons. The maximum atomic E-state index is 12.7. The van der Waals surface area contributed by atoms with Gasteiger partial charge >= 0.3 is 0 Å². The van der Waals surface area contributed by atoms with Gasteiger partial charge in [-0.2, -0.15) is 0 Å². The number of carbonyl (C=O) groups is 2. The summed E-state index contributed by atoms with van der Waals surface area (Å²) in [6.07, 6.45) is 0.0997. The zero-order valence-corrected chi connectivity index (χ0v) is 17.5.